The normalized spacial score (nSPS) is 19.9. The highest BCUT2D eigenvalue weighted by atomic mass is 16.5. The Morgan fingerprint density at radius 2 is 1.91 bits per heavy atom. The van der Waals surface area contributed by atoms with Crippen LogP contribution in [0.4, 0.5) is 0 Å². The lowest BCUT2D eigenvalue weighted by Crippen LogP contribution is -2.20. The van der Waals surface area contributed by atoms with Gasteiger partial charge < -0.3 is 4.74 Å². The zero-order valence-corrected chi connectivity index (χ0v) is 12.4. The van der Waals surface area contributed by atoms with Crippen molar-refractivity contribution in [2.45, 2.75) is 12.3 Å². The number of methoxy groups -OCH3 is 1. The Bertz CT molecular complexity index is 665. The number of ether oxygens (including phenoxy) is 1. The summed E-state index contributed by atoms with van der Waals surface area (Å²) in [5, 5.41) is 4.02. The third-order valence-electron chi connectivity index (χ3n) is 3.86. The predicted molar refractivity (Wildman–Crippen MR) is 86.0 cm³/mol. The molecule has 22 heavy (non-hydrogen) atoms. The molecule has 0 spiro atoms. The molecule has 1 N–H and O–H groups in total. The van der Waals surface area contributed by atoms with Crippen molar-refractivity contribution in [2.75, 3.05) is 7.11 Å². The summed E-state index contributed by atoms with van der Waals surface area (Å²) >= 11 is 0. The first-order chi connectivity index (χ1) is 10.8. The third kappa shape index (κ3) is 3.34. The van der Waals surface area contributed by atoms with Gasteiger partial charge in [0.15, 0.2) is 0 Å². The van der Waals surface area contributed by atoms with Gasteiger partial charge in [0.2, 0.25) is 5.91 Å². The van der Waals surface area contributed by atoms with Crippen molar-refractivity contribution in [3.05, 3.63) is 65.7 Å². The number of amides is 1. The van der Waals surface area contributed by atoms with E-state index >= 15 is 0 Å². The van der Waals surface area contributed by atoms with Crippen molar-refractivity contribution in [1.29, 1.82) is 0 Å². The number of benzene rings is 2. The molecule has 0 unspecified atom stereocenters. The molecule has 0 radical (unpaired) electrons. The van der Waals surface area contributed by atoms with E-state index < -0.39 is 0 Å². The van der Waals surface area contributed by atoms with Crippen LogP contribution in [0.15, 0.2) is 59.7 Å². The van der Waals surface area contributed by atoms with Crippen LogP contribution in [0.25, 0.3) is 0 Å². The van der Waals surface area contributed by atoms with Crippen LogP contribution in [-0.4, -0.2) is 19.2 Å². The number of rotatable bonds is 5. The molecular weight excluding hydrogens is 276 g/mol. The van der Waals surface area contributed by atoms with E-state index in [0.717, 1.165) is 17.7 Å². The molecule has 4 nitrogen and oxygen atoms in total. The molecule has 2 aromatic rings. The summed E-state index contributed by atoms with van der Waals surface area (Å²) in [6, 6.07) is 17.6. The average Bonchev–Trinajstić information content (AvgIpc) is 3.37. The molecule has 0 heterocycles. The molecular formula is C18H18N2O2. The zero-order valence-electron chi connectivity index (χ0n) is 12.4. The van der Waals surface area contributed by atoms with Gasteiger partial charge >= 0.3 is 0 Å². The Labute approximate surface area is 129 Å². The van der Waals surface area contributed by atoms with E-state index in [4.69, 9.17) is 4.74 Å². The Kier molecular flexibility index (Phi) is 4.19. The Hall–Kier alpha value is -2.62. The Balaban J connectivity index is 1.51. The highest BCUT2D eigenvalue weighted by Gasteiger charge is 2.43. The summed E-state index contributed by atoms with van der Waals surface area (Å²) in [7, 11) is 1.63. The van der Waals surface area contributed by atoms with Crippen LogP contribution in [0.3, 0.4) is 0 Å². The fourth-order valence-corrected chi connectivity index (χ4v) is 2.50. The van der Waals surface area contributed by atoms with Gasteiger partial charge in [0.05, 0.1) is 13.3 Å². The molecule has 0 aliphatic heterocycles. The molecule has 1 saturated carbocycles. The minimum atomic E-state index is -0.0152. The molecule has 1 fully saturated rings. The van der Waals surface area contributed by atoms with Gasteiger partial charge in [-0.05, 0) is 47.7 Å². The van der Waals surface area contributed by atoms with Gasteiger partial charge in [-0.2, -0.15) is 5.10 Å². The topological polar surface area (TPSA) is 50.7 Å². The summed E-state index contributed by atoms with van der Waals surface area (Å²) < 4.78 is 5.09. The van der Waals surface area contributed by atoms with E-state index in [9.17, 15) is 4.79 Å². The molecule has 4 heteroatoms. The quantitative estimate of drug-likeness (QED) is 0.681. The maximum Gasteiger partial charge on any atom is 0.243 e. The minimum Gasteiger partial charge on any atom is -0.497 e. The number of carbonyl (C=O) groups excluding carboxylic acids is 1. The zero-order chi connectivity index (χ0) is 15.4. The Morgan fingerprint density at radius 1 is 1.18 bits per heavy atom. The van der Waals surface area contributed by atoms with Crippen molar-refractivity contribution < 1.29 is 9.53 Å². The molecule has 1 amide bonds. The van der Waals surface area contributed by atoms with E-state index in [2.05, 4.69) is 22.7 Å². The van der Waals surface area contributed by atoms with Gasteiger partial charge in [0.1, 0.15) is 5.75 Å². The SMILES string of the molecule is COc1ccc(C=NNC(=O)[C@@H]2C[C@@H]2c2ccccc2)cc1. The number of carbonyl (C=O) groups is 1. The first kappa shape index (κ1) is 14.3. The second kappa shape index (κ2) is 6.43. The lowest BCUT2D eigenvalue weighted by Gasteiger charge is -2.01. The van der Waals surface area contributed by atoms with Crippen molar-refractivity contribution >= 4 is 12.1 Å². The van der Waals surface area contributed by atoms with Crippen molar-refractivity contribution in [2.24, 2.45) is 11.0 Å². The molecule has 3 rings (SSSR count). The lowest BCUT2D eigenvalue weighted by molar-refractivity contribution is -0.122. The van der Waals surface area contributed by atoms with Crippen molar-refractivity contribution in [3.63, 3.8) is 0 Å². The summed E-state index contributed by atoms with van der Waals surface area (Å²) in [5.41, 5.74) is 4.76. The maximum absolute atomic E-state index is 12.0. The number of hydrogen-bond acceptors (Lipinski definition) is 3. The minimum absolute atomic E-state index is 0.0152. The number of nitrogens with zero attached hydrogens (tertiary/aromatic N) is 1. The average molecular weight is 294 g/mol. The van der Waals surface area contributed by atoms with E-state index in [1.807, 2.05) is 42.5 Å². The van der Waals surface area contributed by atoms with Crippen LogP contribution in [0.5, 0.6) is 5.75 Å². The van der Waals surface area contributed by atoms with Crippen LogP contribution >= 0.6 is 0 Å². The van der Waals surface area contributed by atoms with Crippen LogP contribution in [0.2, 0.25) is 0 Å². The van der Waals surface area contributed by atoms with E-state index in [1.54, 1.807) is 13.3 Å². The summed E-state index contributed by atoms with van der Waals surface area (Å²) in [4.78, 5) is 12.0. The van der Waals surface area contributed by atoms with E-state index in [-0.39, 0.29) is 11.8 Å². The van der Waals surface area contributed by atoms with Crippen LogP contribution < -0.4 is 10.2 Å². The summed E-state index contributed by atoms with van der Waals surface area (Å²) in [5.74, 6) is 1.15. The van der Waals surface area contributed by atoms with Gasteiger partial charge in [-0.3, -0.25) is 4.79 Å². The predicted octanol–water partition coefficient (Wildman–Crippen LogP) is 2.95. The highest BCUT2D eigenvalue weighted by molar-refractivity contribution is 5.85. The first-order valence-corrected chi connectivity index (χ1v) is 7.30. The Morgan fingerprint density at radius 3 is 2.59 bits per heavy atom. The molecule has 0 saturated heterocycles. The smallest absolute Gasteiger partial charge is 0.243 e. The molecule has 2 atom stereocenters. The highest BCUT2D eigenvalue weighted by Crippen LogP contribution is 2.47. The van der Waals surface area contributed by atoms with Crippen LogP contribution in [0, 0.1) is 5.92 Å². The fourth-order valence-electron chi connectivity index (χ4n) is 2.50. The van der Waals surface area contributed by atoms with Crippen LogP contribution in [0.1, 0.15) is 23.5 Å². The van der Waals surface area contributed by atoms with Crippen molar-refractivity contribution in [1.82, 2.24) is 5.43 Å². The number of hydrazone groups is 1. The second-order valence-electron chi connectivity index (χ2n) is 5.37. The van der Waals surface area contributed by atoms with Gasteiger partial charge in [-0.15, -0.1) is 0 Å². The van der Waals surface area contributed by atoms with Gasteiger partial charge in [-0.25, -0.2) is 5.43 Å². The fraction of sp³-hybridized carbons (Fsp3) is 0.222. The molecule has 0 aromatic heterocycles. The van der Waals surface area contributed by atoms with Gasteiger partial charge in [0.25, 0.3) is 0 Å². The molecule has 112 valence electrons. The summed E-state index contributed by atoms with van der Waals surface area (Å²) in [6.45, 7) is 0. The molecule has 0 bridgehead atoms. The van der Waals surface area contributed by atoms with E-state index in [1.165, 1.54) is 5.56 Å². The van der Waals surface area contributed by atoms with Crippen molar-refractivity contribution in [3.8, 4) is 5.75 Å². The molecule has 2 aromatic carbocycles. The monoisotopic (exact) mass is 294 g/mol. The standard InChI is InChI=1S/C18H18N2O2/c1-22-15-9-7-13(8-10-15)12-19-20-18(21)17-11-16(17)14-5-3-2-4-6-14/h2-10,12,16-17H,11H2,1H3,(H,20,21)/t16-,17-/m1/s1. The largest absolute Gasteiger partial charge is 0.497 e. The lowest BCUT2D eigenvalue weighted by atomic mass is 10.1. The second-order valence-corrected chi connectivity index (χ2v) is 5.37. The first-order valence-electron chi connectivity index (χ1n) is 7.30. The van der Waals surface area contributed by atoms with Gasteiger partial charge in [-0.1, -0.05) is 30.3 Å². The molecule has 1 aliphatic rings. The molecule has 1 aliphatic carbocycles. The maximum atomic E-state index is 12.0. The van der Waals surface area contributed by atoms with E-state index in [0.29, 0.717) is 5.92 Å². The number of nitrogens with one attached hydrogen (secondary N) is 1. The van der Waals surface area contributed by atoms with Crippen LogP contribution in [-0.2, 0) is 4.79 Å². The third-order valence-corrected chi connectivity index (χ3v) is 3.86. The summed E-state index contributed by atoms with van der Waals surface area (Å²) in [6.07, 6.45) is 2.53. The number of hydrogen-bond donors (Lipinski definition) is 1. The van der Waals surface area contributed by atoms with Gasteiger partial charge in [0, 0.05) is 5.92 Å².